The molecule has 1 aliphatic heterocycles. The molecule has 3 heterocycles. The van der Waals surface area contributed by atoms with Gasteiger partial charge in [0, 0.05) is 19.3 Å². The van der Waals surface area contributed by atoms with Crippen LogP contribution in [0.3, 0.4) is 0 Å². The highest BCUT2D eigenvalue weighted by Crippen LogP contribution is 2.42. The molecule has 0 N–H and O–H groups in total. The van der Waals surface area contributed by atoms with Crippen LogP contribution in [-0.2, 0) is 11.2 Å². The zero-order valence-corrected chi connectivity index (χ0v) is 16.9. The molecule has 1 unspecified atom stereocenters. The molecule has 3 aromatic rings. The number of fused-ring (bicyclic) bond motifs is 2. The van der Waals surface area contributed by atoms with Crippen molar-refractivity contribution in [1.82, 2.24) is 20.0 Å². The Balaban J connectivity index is 1.87. The smallest absolute Gasteiger partial charge is 0.163 e. The van der Waals surface area contributed by atoms with Gasteiger partial charge in [-0.2, -0.15) is 0 Å². The third-order valence-electron chi connectivity index (χ3n) is 5.16. The molecule has 27 heavy (non-hydrogen) atoms. The van der Waals surface area contributed by atoms with Crippen molar-refractivity contribution in [3.05, 3.63) is 40.0 Å². The van der Waals surface area contributed by atoms with E-state index in [4.69, 9.17) is 21.3 Å². The van der Waals surface area contributed by atoms with Crippen LogP contribution in [0.25, 0.3) is 11.0 Å². The molecule has 0 amide bonds. The van der Waals surface area contributed by atoms with Crippen molar-refractivity contribution >= 4 is 34.1 Å². The average molecular weight is 386 g/mol. The van der Waals surface area contributed by atoms with E-state index in [9.17, 15) is 0 Å². The lowest BCUT2D eigenvalue weighted by molar-refractivity contribution is 0.148. The van der Waals surface area contributed by atoms with Gasteiger partial charge in [-0.25, -0.2) is 9.67 Å². The quantitative estimate of drug-likeness (QED) is 0.652. The van der Waals surface area contributed by atoms with E-state index in [1.807, 2.05) is 23.7 Å². The molecule has 0 saturated heterocycles. The predicted octanol–water partition coefficient (Wildman–Crippen LogP) is 4.39. The van der Waals surface area contributed by atoms with Crippen molar-refractivity contribution in [3.63, 3.8) is 0 Å². The Morgan fingerprint density at radius 3 is 2.81 bits per heavy atom. The Bertz CT molecular complexity index is 1000. The van der Waals surface area contributed by atoms with Crippen molar-refractivity contribution in [2.24, 2.45) is 0 Å². The topological polar surface area (TPSA) is 56.1 Å². The summed E-state index contributed by atoms with van der Waals surface area (Å²) in [7, 11) is 1.71. The third kappa shape index (κ3) is 3.07. The number of nitrogens with zero attached hydrogens (tertiary/aromatic N) is 5. The molecule has 142 valence electrons. The van der Waals surface area contributed by atoms with Gasteiger partial charge >= 0.3 is 0 Å². The summed E-state index contributed by atoms with van der Waals surface area (Å²) in [5.74, 6) is 0.827. The van der Waals surface area contributed by atoms with Gasteiger partial charge in [-0.15, -0.1) is 5.10 Å². The number of aromatic nitrogens is 4. The molecule has 1 atom stereocenters. The number of rotatable bonds is 5. The first-order chi connectivity index (χ1) is 13.0. The van der Waals surface area contributed by atoms with Gasteiger partial charge in [-0.3, -0.25) is 0 Å². The summed E-state index contributed by atoms with van der Waals surface area (Å²) in [6, 6.07) is 6.40. The molecule has 2 aromatic heterocycles. The van der Waals surface area contributed by atoms with E-state index in [1.54, 1.807) is 7.11 Å². The number of pyridine rings is 1. The van der Waals surface area contributed by atoms with Gasteiger partial charge in [0.05, 0.1) is 28.9 Å². The number of benzene rings is 1. The number of methoxy groups -OCH3 is 1. The number of ether oxygens (including phenoxy) is 1. The van der Waals surface area contributed by atoms with Gasteiger partial charge in [-0.1, -0.05) is 29.8 Å². The van der Waals surface area contributed by atoms with E-state index in [2.05, 4.69) is 35.1 Å². The van der Waals surface area contributed by atoms with Crippen LogP contribution < -0.4 is 4.90 Å². The minimum absolute atomic E-state index is 0.145. The van der Waals surface area contributed by atoms with Gasteiger partial charge in [0.15, 0.2) is 11.3 Å². The molecule has 1 aromatic carbocycles. The second-order valence-corrected chi connectivity index (χ2v) is 7.57. The van der Waals surface area contributed by atoms with Crippen molar-refractivity contribution in [1.29, 1.82) is 0 Å². The molecule has 1 aliphatic rings. The third-order valence-corrected chi connectivity index (χ3v) is 5.45. The lowest BCUT2D eigenvalue weighted by Crippen LogP contribution is -2.17. The number of hydrogen-bond acceptors (Lipinski definition) is 5. The van der Waals surface area contributed by atoms with Crippen molar-refractivity contribution in [2.75, 3.05) is 25.2 Å². The summed E-state index contributed by atoms with van der Waals surface area (Å²) >= 11 is 6.60. The second-order valence-electron chi connectivity index (χ2n) is 7.16. The van der Waals surface area contributed by atoms with Gasteiger partial charge < -0.3 is 9.64 Å². The van der Waals surface area contributed by atoms with E-state index in [0.717, 1.165) is 52.6 Å². The lowest BCUT2D eigenvalue weighted by atomic mass is 10.1. The Hall–Kier alpha value is -2.18. The average Bonchev–Trinajstić information content (AvgIpc) is 3.23. The summed E-state index contributed by atoms with van der Waals surface area (Å²) in [5.41, 5.74) is 6.21. The van der Waals surface area contributed by atoms with E-state index >= 15 is 0 Å². The SMILES string of the molecule is CCC(COC)n1nnc2c(N3CCc4cc(C)cc(Cl)c43)nc(C)cc21. The van der Waals surface area contributed by atoms with E-state index in [1.165, 1.54) is 11.1 Å². The van der Waals surface area contributed by atoms with E-state index in [-0.39, 0.29) is 6.04 Å². The zero-order valence-electron chi connectivity index (χ0n) is 16.2. The van der Waals surface area contributed by atoms with Crippen molar-refractivity contribution in [3.8, 4) is 0 Å². The molecule has 4 rings (SSSR count). The second kappa shape index (κ2) is 7.09. The van der Waals surface area contributed by atoms with Crippen molar-refractivity contribution in [2.45, 2.75) is 39.7 Å². The fourth-order valence-electron chi connectivity index (χ4n) is 3.91. The van der Waals surface area contributed by atoms with Gasteiger partial charge in [0.2, 0.25) is 0 Å². The molecule has 0 spiro atoms. The standard InChI is InChI=1S/C20H24ClN5O/c1-5-15(11-27-4)26-17-10-13(3)22-20(18(17)23-24-26)25-7-6-14-8-12(2)9-16(21)19(14)25/h8-10,15H,5-7,11H2,1-4H3. The maximum atomic E-state index is 6.60. The fourth-order valence-corrected chi connectivity index (χ4v) is 4.31. The highest BCUT2D eigenvalue weighted by molar-refractivity contribution is 6.33. The first-order valence-electron chi connectivity index (χ1n) is 9.31. The van der Waals surface area contributed by atoms with Crippen LogP contribution in [0.2, 0.25) is 5.02 Å². The van der Waals surface area contributed by atoms with Crippen LogP contribution >= 0.6 is 11.6 Å². The molecule has 0 saturated carbocycles. The first-order valence-corrected chi connectivity index (χ1v) is 9.69. The van der Waals surface area contributed by atoms with E-state index < -0.39 is 0 Å². The number of halogens is 1. The number of hydrogen-bond donors (Lipinski definition) is 0. The Labute approximate surface area is 164 Å². The first kappa shape index (κ1) is 18.2. The number of aryl methyl sites for hydroxylation is 2. The lowest BCUT2D eigenvalue weighted by Gasteiger charge is -2.21. The monoisotopic (exact) mass is 385 g/mol. The molecule has 6 nitrogen and oxygen atoms in total. The van der Waals surface area contributed by atoms with E-state index in [0.29, 0.717) is 6.61 Å². The van der Waals surface area contributed by atoms with Crippen LogP contribution in [0, 0.1) is 13.8 Å². The summed E-state index contributed by atoms with van der Waals surface area (Å²) < 4.78 is 7.33. The minimum Gasteiger partial charge on any atom is -0.382 e. The molecule has 0 aliphatic carbocycles. The zero-order chi connectivity index (χ0) is 19.1. The summed E-state index contributed by atoms with van der Waals surface area (Å²) in [6.07, 6.45) is 1.86. The summed E-state index contributed by atoms with van der Waals surface area (Å²) in [4.78, 5) is 6.99. The van der Waals surface area contributed by atoms with Gasteiger partial charge in [0.1, 0.15) is 0 Å². The van der Waals surface area contributed by atoms with Crippen LogP contribution in [0.1, 0.15) is 36.2 Å². The predicted molar refractivity (Wildman–Crippen MR) is 108 cm³/mol. The van der Waals surface area contributed by atoms with Crippen molar-refractivity contribution < 1.29 is 4.74 Å². The Kier molecular flexibility index (Phi) is 4.78. The summed E-state index contributed by atoms with van der Waals surface area (Å²) in [5, 5.41) is 9.68. The summed E-state index contributed by atoms with van der Waals surface area (Å²) in [6.45, 7) is 7.65. The minimum atomic E-state index is 0.145. The fraction of sp³-hybridized carbons (Fsp3) is 0.450. The maximum Gasteiger partial charge on any atom is 0.163 e. The van der Waals surface area contributed by atoms with Crippen LogP contribution in [0.5, 0.6) is 0 Å². The molecule has 0 fully saturated rings. The molecule has 0 bridgehead atoms. The molecular formula is C20H24ClN5O. The highest BCUT2D eigenvalue weighted by atomic mass is 35.5. The Morgan fingerprint density at radius 2 is 2.07 bits per heavy atom. The van der Waals surface area contributed by atoms with Crippen LogP contribution in [-0.4, -0.2) is 40.2 Å². The highest BCUT2D eigenvalue weighted by Gasteiger charge is 2.28. The Morgan fingerprint density at radius 1 is 1.26 bits per heavy atom. The van der Waals surface area contributed by atoms with Gasteiger partial charge in [0.25, 0.3) is 0 Å². The van der Waals surface area contributed by atoms with Crippen LogP contribution in [0.4, 0.5) is 11.5 Å². The molecular weight excluding hydrogens is 362 g/mol. The van der Waals surface area contributed by atoms with Gasteiger partial charge in [-0.05, 0) is 49.9 Å². The molecule has 7 heteroatoms. The number of anilines is 2. The van der Waals surface area contributed by atoms with Crippen LogP contribution in [0.15, 0.2) is 18.2 Å². The normalized spacial score (nSPS) is 14.8. The largest absolute Gasteiger partial charge is 0.382 e. The maximum absolute atomic E-state index is 6.60. The molecule has 0 radical (unpaired) electrons.